The van der Waals surface area contributed by atoms with E-state index in [9.17, 15) is 21.6 Å². The summed E-state index contributed by atoms with van der Waals surface area (Å²) >= 11 is 0. The predicted octanol–water partition coefficient (Wildman–Crippen LogP) is 0.618. The van der Waals surface area contributed by atoms with Crippen LogP contribution < -0.4 is 10.0 Å². The van der Waals surface area contributed by atoms with Gasteiger partial charge in [-0.25, -0.2) is 26.3 Å². The van der Waals surface area contributed by atoms with Gasteiger partial charge in [0.2, 0.25) is 10.0 Å². The van der Waals surface area contributed by atoms with Crippen molar-refractivity contribution in [3.8, 4) is 0 Å². The van der Waals surface area contributed by atoms with Crippen molar-refractivity contribution in [2.24, 2.45) is 0 Å². The van der Waals surface area contributed by atoms with Crippen molar-refractivity contribution in [2.45, 2.75) is 4.90 Å². The molecule has 0 unspecified atom stereocenters. The molecule has 0 saturated heterocycles. The number of nitrogens with one attached hydrogen (secondary N) is 2. The van der Waals surface area contributed by atoms with Crippen LogP contribution in [0.25, 0.3) is 0 Å². The lowest BCUT2D eigenvalue weighted by Gasteiger charge is -2.08. The maximum absolute atomic E-state index is 13.0. The summed E-state index contributed by atoms with van der Waals surface area (Å²) in [6.07, 6.45) is 0. The molecule has 0 aliphatic rings. The van der Waals surface area contributed by atoms with E-state index in [4.69, 9.17) is 4.74 Å². The zero-order chi connectivity index (χ0) is 15.2. The van der Waals surface area contributed by atoms with Crippen molar-refractivity contribution in [2.75, 3.05) is 33.4 Å². The van der Waals surface area contributed by atoms with Crippen LogP contribution in [0, 0.1) is 17.5 Å². The van der Waals surface area contributed by atoms with Gasteiger partial charge in [-0.15, -0.1) is 0 Å². The number of hydrogen-bond donors (Lipinski definition) is 2. The summed E-state index contributed by atoms with van der Waals surface area (Å²) in [6, 6.07) is 0.859. The van der Waals surface area contributed by atoms with E-state index in [1.54, 1.807) is 0 Å². The van der Waals surface area contributed by atoms with Crippen LogP contribution in [-0.2, 0) is 14.8 Å². The van der Waals surface area contributed by atoms with Gasteiger partial charge in [-0.2, -0.15) is 0 Å². The molecule has 0 aromatic heterocycles. The summed E-state index contributed by atoms with van der Waals surface area (Å²) in [6.45, 7) is 1.35. The highest BCUT2D eigenvalue weighted by Crippen LogP contribution is 2.17. The molecule has 2 N–H and O–H groups in total. The number of hydrogen-bond acceptors (Lipinski definition) is 4. The normalized spacial score (nSPS) is 11.8. The average molecular weight is 312 g/mol. The van der Waals surface area contributed by atoms with Crippen molar-refractivity contribution in [3.63, 3.8) is 0 Å². The molecular formula is C11H15F3N2O3S. The van der Waals surface area contributed by atoms with Crippen LogP contribution >= 0.6 is 0 Å². The Kier molecular flexibility index (Phi) is 6.40. The van der Waals surface area contributed by atoms with Crippen LogP contribution in [0.2, 0.25) is 0 Å². The first-order valence-corrected chi connectivity index (χ1v) is 7.20. The van der Waals surface area contributed by atoms with E-state index in [-0.39, 0.29) is 6.54 Å². The Balaban J connectivity index is 2.61. The van der Waals surface area contributed by atoms with E-state index >= 15 is 0 Å². The van der Waals surface area contributed by atoms with Gasteiger partial charge in [-0.3, -0.25) is 0 Å². The maximum Gasteiger partial charge on any atom is 0.240 e. The summed E-state index contributed by atoms with van der Waals surface area (Å²) in [4.78, 5) is -0.661. The van der Waals surface area contributed by atoms with Crippen molar-refractivity contribution < 1.29 is 26.3 Å². The summed E-state index contributed by atoms with van der Waals surface area (Å²) in [5.41, 5.74) is 0. The van der Waals surface area contributed by atoms with Crippen LogP contribution in [0.5, 0.6) is 0 Å². The molecule has 114 valence electrons. The average Bonchev–Trinajstić information content (AvgIpc) is 2.39. The molecule has 5 nitrogen and oxygen atoms in total. The number of benzene rings is 1. The number of rotatable bonds is 8. The molecule has 0 heterocycles. The molecule has 0 radical (unpaired) electrons. The lowest BCUT2D eigenvalue weighted by molar-refractivity contribution is 0.199. The molecule has 0 amide bonds. The zero-order valence-electron chi connectivity index (χ0n) is 10.8. The highest BCUT2D eigenvalue weighted by molar-refractivity contribution is 7.89. The van der Waals surface area contributed by atoms with Gasteiger partial charge in [0.25, 0.3) is 0 Å². The van der Waals surface area contributed by atoms with Crippen molar-refractivity contribution in [1.29, 1.82) is 0 Å². The minimum atomic E-state index is -4.08. The third-order valence-corrected chi connectivity index (χ3v) is 3.78. The van der Waals surface area contributed by atoms with E-state index in [2.05, 4.69) is 10.0 Å². The quantitative estimate of drug-likeness (QED) is 0.545. The predicted molar refractivity (Wildman–Crippen MR) is 66.3 cm³/mol. The van der Waals surface area contributed by atoms with Crippen molar-refractivity contribution >= 4 is 10.0 Å². The molecule has 0 spiro atoms. The minimum Gasteiger partial charge on any atom is -0.383 e. The number of sulfonamides is 1. The van der Waals surface area contributed by atoms with Gasteiger partial charge in [-0.05, 0) is 12.1 Å². The lowest BCUT2D eigenvalue weighted by Crippen LogP contribution is -2.33. The van der Waals surface area contributed by atoms with Crippen LogP contribution in [0.15, 0.2) is 17.0 Å². The van der Waals surface area contributed by atoms with E-state index in [1.165, 1.54) is 7.11 Å². The second kappa shape index (κ2) is 7.58. The van der Waals surface area contributed by atoms with Crippen molar-refractivity contribution in [3.05, 3.63) is 29.6 Å². The van der Waals surface area contributed by atoms with Crippen molar-refractivity contribution in [1.82, 2.24) is 10.0 Å². The number of ether oxygens (including phenoxy) is 1. The minimum absolute atomic E-state index is 0.0205. The summed E-state index contributed by atoms with van der Waals surface area (Å²) in [5, 5.41) is 2.88. The van der Waals surface area contributed by atoms with E-state index in [0.29, 0.717) is 31.8 Å². The first-order chi connectivity index (χ1) is 9.38. The standard InChI is InChI=1S/C11H15F3N2O3S/c1-19-5-4-15-2-3-16-20(17,18)8-6-9(12)11(14)10(13)7-8/h6-7,15-16H,2-5H2,1H3. The molecule has 1 rings (SSSR count). The Morgan fingerprint density at radius 1 is 1.10 bits per heavy atom. The smallest absolute Gasteiger partial charge is 0.240 e. The van der Waals surface area contributed by atoms with Crippen LogP contribution in [0.1, 0.15) is 0 Å². The molecular weight excluding hydrogens is 297 g/mol. The molecule has 1 aromatic rings. The Morgan fingerprint density at radius 2 is 1.70 bits per heavy atom. The molecule has 20 heavy (non-hydrogen) atoms. The largest absolute Gasteiger partial charge is 0.383 e. The maximum atomic E-state index is 13.0. The molecule has 0 atom stereocenters. The Labute approximate surface area is 115 Å². The fourth-order valence-corrected chi connectivity index (χ4v) is 2.40. The van der Waals surface area contributed by atoms with E-state index in [0.717, 1.165) is 0 Å². The van der Waals surface area contributed by atoms with Gasteiger partial charge in [-0.1, -0.05) is 0 Å². The number of halogens is 3. The Bertz CT molecular complexity index is 529. The Morgan fingerprint density at radius 3 is 2.25 bits per heavy atom. The van der Waals surface area contributed by atoms with E-state index in [1.807, 2.05) is 0 Å². The molecule has 9 heteroatoms. The second-order valence-corrected chi connectivity index (χ2v) is 5.61. The highest BCUT2D eigenvalue weighted by Gasteiger charge is 2.19. The molecule has 0 fully saturated rings. The van der Waals surface area contributed by atoms with Gasteiger partial charge in [0, 0.05) is 26.7 Å². The molecule has 0 aliphatic heterocycles. The number of methoxy groups -OCH3 is 1. The topological polar surface area (TPSA) is 67.4 Å². The first-order valence-electron chi connectivity index (χ1n) is 5.72. The lowest BCUT2D eigenvalue weighted by atomic mass is 10.3. The summed E-state index contributed by atoms with van der Waals surface area (Å²) < 4.78 is 69.0. The molecule has 1 aromatic carbocycles. The van der Waals surface area contributed by atoms with Gasteiger partial charge in [0.15, 0.2) is 17.5 Å². The Hall–Kier alpha value is -1.16. The molecule has 0 aliphatic carbocycles. The third-order valence-electron chi connectivity index (χ3n) is 2.34. The zero-order valence-corrected chi connectivity index (χ0v) is 11.6. The van der Waals surface area contributed by atoms with Gasteiger partial charge in [0.05, 0.1) is 11.5 Å². The highest BCUT2D eigenvalue weighted by atomic mass is 32.2. The summed E-state index contributed by atoms with van der Waals surface area (Å²) in [7, 11) is -2.55. The monoisotopic (exact) mass is 312 g/mol. The van der Waals surface area contributed by atoms with Crippen LogP contribution in [0.4, 0.5) is 13.2 Å². The van der Waals surface area contributed by atoms with E-state index < -0.39 is 32.4 Å². The van der Waals surface area contributed by atoms with Gasteiger partial charge >= 0.3 is 0 Å². The SMILES string of the molecule is COCCNCCNS(=O)(=O)c1cc(F)c(F)c(F)c1. The fourth-order valence-electron chi connectivity index (χ4n) is 1.34. The molecule has 0 saturated carbocycles. The van der Waals surface area contributed by atoms with Gasteiger partial charge < -0.3 is 10.1 Å². The van der Waals surface area contributed by atoms with Crippen LogP contribution in [-0.4, -0.2) is 41.8 Å². The summed E-state index contributed by atoms with van der Waals surface area (Å²) in [5.74, 6) is -4.81. The van der Waals surface area contributed by atoms with Crippen LogP contribution in [0.3, 0.4) is 0 Å². The third kappa shape index (κ3) is 4.75. The van der Waals surface area contributed by atoms with Gasteiger partial charge in [0.1, 0.15) is 0 Å². The second-order valence-electron chi connectivity index (χ2n) is 3.84. The first kappa shape index (κ1) is 16.9. The molecule has 0 bridgehead atoms. The fraction of sp³-hybridized carbons (Fsp3) is 0.455.